The SMILES string of the molecule is CCCn1c(=O)c2sccc2n(CC(=O)Nc2ccc(C)c(Cl)c2)c1=O. The molecule has 0 aliphatic carbocycles. The standard InChI is InChI=1S/C18H18ClN3O3S/c1-3-7-21-17(24)16-14(6-8-26-16)22(18(21)25)10-15(23)20-12-5-4-11(2)13(19)9-12/h4-6,8-9H,3,7,10H2,1-2H3,(H,20,23). The Hall–Kier alpha value is -2.38. The molecule has 6 nitrogen and oxygen atoms in total. The highest BCUT2D eigenvalue weighted by Gasteiger charge is 2.16. The molecular weight excluding hydrogens is 374 g/mol. The van der Waals surface area contributed by atoms with Gasteiger partial charge in [0.1, 0.15) is 11.2 Å². The van der Waals surface area contributed by atoms with Gasteiger partial charge in [-0.3, -0.25) is 18.7 Å². The van der Waals surface area contributed by atoms with E-state index in [2.05, 4.69) is 5.32 Å². The number of nitrogens with zero attached hydrogens (tertiary/aromatic N) is 2. The van der Waals surface area contributed by atoms with Crippen LogP contribution in [-0.2, 0) is 17.9 Å². The van der Waals surface area contributed by atoms with Crippen molar-refractivity contribution in [3.05, 3.63) is 61.1 Å². The van der Waals surface area contributed by atoms with Gasteiger partial charge < -0.3 is 5.32 Å². The van der Waals surface area contributed by atoms with Gasteiger partial charge in [0, 0.05) is 17.3 Å². The number of hydrogen-bond donors (Lipinski definition) is 1. The number of carbonyl (C=O) groups excluding carboxylic acids is 1. The Bertz CT molecular complexity index is 1100. The maximum atomic E-state index is 12.7. The van der Waals surface area contributed by atoms with Crippen LogP contribution in [0.5, 0.6) is 0 Å². The zero-order chi connectivity index (χ0) is 18.8. The molecule has 1 amide bonds. The van der Waals surface area contributed by atoms with Crippen molar-refractivity contribution in [2.75, 3.05) is 5.32 Å². The minimum absolute atomic E-state index is 0.179. The quantitative estimate of drug-likeness (QED) is 0.725. The minimum atomic E-state index is -0.472. The van der Waals surface area contributed by atoms with Gasteiger partial charge in [0.15, 0.2) is 0 Å². The zero-order valence-electron chi connectivity index (χ0n) is 14.4. The molecule has 0 fully saturated rings. The van der Waals surface area contributed by atoms with E-state index >= 15 is 0 Å². The van der Waals surface area contributed by atoms with Crippen molar-refractivity contribution >= 4 is 44.7 Å². The molecule has 0 spiro atoms. The van der Waals surface area contributed by atoms with E-state index in [1.165, 1.54) is 20.5 Å². The van der Waals surface area contributed by atoms with Crippen molar-refractivity contribution in [1.29, 1.82) is 0 Å². The van der Waals surface area contributed by atoms with Gasteiger partial charge in [0.05, 0.1) is 5.52 Å². The van der Waals surface area contributed by atoms with Crippen molar-refractivity contribution < 1.29 is 4.79 Å². The summed E-state index contributed by atoms with van der Waals surface area (Å²) in [7, 11) is 0. The monoisotopic (exact) mass is 391 g/mol. The van der Waals surface area contributed by atoms with Crippen molar-refractivity contribution in [3.63, 3.8) is 0 Å². The number of aryl methyl sites for hydroxylation is 1. The van der Waals surface area contributed by atoms with E-state index in [0.717, 1.165) is 5.56 Å². The van der Waals surface area contributed by atoms with Gasteiger partial charge >= 0.3 is 5.69 Å². The number of benzene rings is 1. The van der Waals surface area contributed by atoms with Gasteiger partial charge in [-0.1, -0.05) is 24.6 Å². The average molecular weight is 392 g/mol. The topological polar surface area (TPSA) is 73.1 Å². The summed E-state index contributed by atoms with van der Waals surface area (Å²) < 4.78 is 3.01. The maximum Gasteiger partial charge on any atom is 0.332 e. The molecule has 0 saturated heterocycles. The molecule has 0 aliphatic heterocycles. The molecule has 8 heteroatoms. The fourth-order valence-corrected chi connectivity index (χ4v) is 3.75. The molecule has 1 aromatic carbocycles. The second kappa shape index (κ2) is 7.47. The average Bonchev–Trinajstić information content (AvgIpc) is 3.08. The lowest BCUT2D eigenvalue weighted by Crippen LogP contribution is -2.41. The Kier molecular flexibility index (Phi) is 5.29. The summed E-state index contributed by atoms with van der Waals surface area (Å²) in [6, 6.07) is 6.91. The highest BCUT2D eigenvalue weighted by Crippen LogP contribution is 2.20. The number of amides is 1. The third kappa shape index (κ3) is 3.45. The normalized spacial score (nSPS) is 11.0. The highest BCUT2D eigenvalue weighted by atomic mass is 35.5. The van der Waals surface area contributed by atoms with E-state index in [9.17, 15) is 14.4 Å². The third-order valence-electron chi connectivity index (χ3n) is 4.04. The van der Waals surface area contributed by atoms with Crippen LogP contribution < -0.4 is 16.6 Å². The molecule has 2 aromatic heterocycles. The second-order valence-corrected chi connectivity index (χ2v) is 7.30. The van der Waals surface area contributed by atoms with Crippen LogP contribution in [0.3, 0.4) is 0 Å². The Morgan fingerprint density at radius 2 is 2.00 bits per heavy atom. The molecule has 0 aliphatic rings. The largest absolute Gasteiger partial charge is 0.332 e. The minimum Gasteiger partial charge on any atom is -0.324 e. The summed E-state index contributed by atoms with van der Waals surface area (Å²) in [6.07, 6.45) is 0.653. The smallest absolute Gasteiger partial charge is 0.324 e. The molecule has 136 valence electrons. The number of fused-ring (bicyclic) bond motifs is 1. The number of carbonyl (C=O) groups is 1. The summed E-state index contributed by atoms with van der Waals surface area (Å²) in [5.74, 6) is -0.360. The van der Waals surface area contributed by atoms with Crippen LogP contribution in [0.15, 0.2) is 39.2 Å². The number of aromatic nitrogens is 2. The van der Waals surface area contributed by atoms with Gasteiger partial charge in [0.2, 0.25) is 5.91 Å². The molecule has 26 heavy (non-hydrogen) atoms. The predicted octanol–water partition coefficient (Wildman–Crippen LogP) is 3.24. The lowest BCUT2D eigenvalue weighted by molar-refractivity contribution is -0.116. The van der Waals surface area contributed by atoms with Crippen LogP contribution >= 0.6 is 22.9 Å². The number of hydrogen-bond acceptors (Lipinski definition) is 4. The summed E-state index contributed by atoms with van der Waals surface area (Å²) in [6.45, 7) is 3.91. The summed E-state index contributed by atoms with van der Waals surface area (Å²) >= 11 is 7.35. The van der Waals surface area contributed by atoms with Crippen LogP contribution in [0.4, 0.5) is 5.69 Å². The second-order valence-electron chi connectivity index (χ2n) is 5.97. The van der Waals surface area contributed by atoms with E-state index in [1.54, 1.807) is 23.6 Å². The van der Waals surface area contributed by atoms with Gasteiger partial charge in [-0.2, -0.15) is 0 Å². The van der Waals surface area contributed by atoms with Crippen LogP contribution in [-0.4, -0.2) is 15.0 Å². The summed E-state index contributed by atoms with van der Waals surface area (Å²) in [5, 5.41) is 5.04. The van der Waals surface area contributed by atoms with E-state index in [4.69, 9.17) is 11.6 Å². The molecule has 0 saturated carbocycles. The number of thiophene rings is 1. The first-order valence-electron chi connectivity index (χ1n) is 8.19. The van der Waals surface area contributed by atoms with Crippen molar-refractivity contribution in [1.82, 2.24) is 9.13 Å². The highest BCUT2D eigenvalue weighted by molar-refractivity contribution is 7.17. The van der Waals surface area contributed by atoms with E-state index < -0.39 is 5.69 Å². The fourth-order valence-electron chi connectivity index (χ4n) is 2.72. The fraction of sp³-hybridized carbons (Fsp3) is 0.278. The van der Waals surface area contributed by atoms with Gasteiger partial charge in [-0.15, -0.1) is 11.3 Å². The summed E-state index contributed by atoms with van der Waals surface area (Å²) in [5.41, 5.74) is 1.17. The number of nitrogens with one attached hydrogen (secondary N) is 1. The molecule has 0 radical (unpaired) electrons. The molecule has 0 unspecified atom stereocenters. The first kappa shape index (κ1) is 18.4. The number of anilines is 1. The van der Waals surface area contributed by atoms with Crippen molar-refractivity contribution in [3.8, 4) is 0 Å². The Morgan fingerprint density at radius 3 is 2.69 bits per heavy atom. The van der Waals surface area contributed by atoms with Gasteiger partial charge in [0.25, 0.3) is 5.56 Å². The molecule has 3 aromatic rings. The molecule has 3 rings (SSSR count). The Labute approximate surface area is 158 Å². The molecular formula is C18H18ClN3O3S. The van der Waals surface area contributed by atoms with Crippen molar-refractivity contribution in [2.45, 2.75) is 33.4 Å². The van der Waals surface area contributed by atoms with Gasteiger partial charge in [-0.05, 0) is 42.5 Å². The Balaban J connectivity index is 1.96. The molecule has 0 atom stereocenters. The zero-order valence-corrected chi connectivity index (χ0v) is 16.0. The van der Waals surface area contributed by atoms with E-state index in [0.29, 0.717) is 33.9 Å². The van der Waals surface area contributed by atoms with Crippen molar-refractivity contribution in [2.24, 2.45) is 0 Å². The molecule has 1 N–H and O–H groups in total. The molecule has 2 heterocycles. The summed E-state index contributed by atoms with van der Waals surface area (Å²) in [4.78, 5) is 37.6. The first-order chi connectivity index (χ1) is 12.4. The number of rotatable bonds is 5. The van der Waals surface area contributed by atoms with E-state index in [1.807, 2.05) is 19.9 Å². The van der Waals surface area contributed by atoms with Crippen LogP contribution in [0, 0.1) is 6.92 Å². The predicted molar refractivity (Wildman–Crippen MR) is 105 cm³/mol. The Morgan fingerprint density at radius 1 is 1.23 bits per heavy atom. The lowest BCUT2D eigenvalue weighted by atomic mass is 10.2. The van der Waals surface area contributed by atoms with Crippen LogP contribution in [0.1, 0.15) is 18.9 Å². The first-order valence-corrected chi connectivity index (χ1v) is 9.45. The third-order valence-corrected chi connectivity index (χ3v) is 5.34. The van der Waals surface area contributed by atoms with Gasteiger partial charge in [-0.25, -0.2) is 4.79 Å². The lowest BCUT2D eigenvalue weighted by Gasteiger charge is -2.12. The maximum absolute atomic E-state index is 12.7. The number of halogens is 1. The molecule has 0 bridgehead atoms. The van der Waals surface area contributed by atoms with E-state index in [-0.39, 0.29) is 18.0 Å². The van der Waals surface area contributed by atoms with Crippen LogP contribution in [0.2, 0.25) is 5.02 Å². The van der Waals surface area contributed by atoms with Crippen LogP contribution in [0.25, 0.3) is 10.2 Å².